The van der Waals surface area contributed by atoms with Crippen LogP contribution in [0.3, 0.4) is 0 Å². The van der Waals surface area contributed by atoms with Crippen LogP contribution in [0.25, 0.3) is 0 Å². The Balaban J connectivity index is 4.52. The van der Waals surface area contributed by atoms with Crippen LogP contribution >= 0.6 is 0 Å². The van der Waals surface area contributed by atoms with E-state index in [0.717, 1.165) is 6.61 Å². The van der Waals surface area contributed by atoms with Gasteiger partial charge in [-0.1, -0.05) is 124 Å². The number of unbranched alkanes of at least 4 members (excludes halogenated alkanes) is 12. The molecule has 26 heavy (non-hydrogen) atoms. The van der Waals surface area contributed by atoms with Crippen LogP contribution in [0.2, 0.25) is 18.1 Å². The maximum absolute atomic E-state index is 6.74. The molecule has 2 heteroatoms. The highest BCUT2D eigenvalue weighted by Gasteiger charge is 2.33. The molecule has 0 bridgehead atoms. The lowest BCUT2D eigenvalue weighted by Crippen LogP contribution is -2.38. The first kappa shape index (κ1) is 26.2. The molecule has 0 saturated heterocycles. The lowest BCUT2D eigenvalue weighted by atomic mass is 10.2. The molecular weight excluding hydrogens is 332 g/mol. The minimum absolute atomic E-state index is 1.02. The van der Waals surface area contributed by atoms with Crippen molar-refractivity contribution in [1.82, 2.24) is 0 Å². The van der Waals surface area contributed by atoms with E-state index in [2.05, 4.69) is 27.7 Å². The molecule has 0 radical (unpaired) electrons. The summed E-state index contributed by atoms with van der Waals surface area (Å²) in [7, 11) is -1.50. The minimum atomic E-state index is -1.50. The van der Waals surface area contributed by atoms with Crippen LogP contribution < -0.4 is 0 Å². The molecule has 0 aliphatic rings. The molecule has 0 atom stereocenters. The Bertz CT molecular complexity index is 231. The second kappa shape index (κ2) is 19.9. The van der Waals surface area contributed by atoms with Gasteiger partial charge in [0, 0.05) is 6.61 Å². The van der Waals surface area contributed by atoms with Crippen LogP contribution in [0.4, 0.5) is 0 Å². The van der Waals surface area contributed by atoms with Crippen molar-refractivity contribution in [2.45, 2.75) is 149 Å². The van der Waals surface area contributed by atoms with Crippen molar-refractivity contribution in [3.63, 3.8) is 0 Å². The summed E-state index contributed by atoms with van der Waals surface area (Å²) in [5.41, 5.74) is 0. The third kappa shape index (κ3) is 15.3. The van der Waals surface area contributed by atoms with Crippen molar-refractivity contribution < 1.29 is 4.43 Å². The highest BCUT2D eigenvalue weighted by molar-refractivity contribution is 6.73. The Kier molecular flexibility index (Phi) is 20.1. The highest BCUT2D eigenvalue weighted by atomic mass is 28.4. The van der Waals surface area contributed by atoms with Gasteiger partial charge in [0.2, 0.25) is 0 Å². The third-order valence-electron chi connectivity index (χ3n) is 5.82. The van der Waals surface area contributed by atoms with E-state index in [-0.39, 0.29) is 0 Å². The van der Waals surface area contributed by atoms with E-state index < -0.39 is 8.32 Å². The van der Waals surface area contributed by atoms with E-state index >= 15 is 0 Å². The standard InChI is InChI=1S/C24H52OSi/c1-5-9-12-15-18-22-26(25-21-8-4,23-19-16-13-10-6-2)24-20-17-14-11-7-3/h5-24H2,1-4H3. The average Bonchev–Trinajstić information content (AvgIpc) is 2.65. The zero-order valence-corrected chi connectivity index (χ0v) is 20.1. The molecule has 0 amide bonds. The molecule has 0 aliphatic heterocycles. The van der Waals surface area contributed by atoms with E-state index in [1.807, 2.05) is 0 Å². The maximum Gasteiger partial charge on any atom is 0.192 e. The van der Waals surface area contributed by atoms with Crippen LogP contribution in [0, 0.1) is 0 Å². The second-order valence-electron chi connectivity index (χ2n) is 8.52. The zero-order valence-electron chi connectivity index (χ0n) is 19.1. The zero-order chi connectivity index (χ0) is 19.3. The fraction of sp³-hybridized carbons (Fsp3) is 1.00. The number of hydrogen-bond acceptors (Lipinski definition) is 1. The predicted molar refractivity (Wildman–Crippen MR) is 123 cm³/mol. The molecule has 0 rings (SSSR count). The monoisotopic (exact) mass is 384 g/mol. The first-order valence-corrected chi connectivity index (χ1v) is 14.9. The van der Waals surface area contributed by atoms with E-state index in [1.165, 1.54) is 121 Å². The molecule has 0 aromatic heterocycles. The number of rotatable bonds is 21. The van der Waals surface area contributed by atoms with E-state index in [0.29, 0.717) is 0 Å². The quantitative estimate of drug-likeness (QED) is 0.141. The van der Waals surface area contributed by atoms with Crippen LogP contribution in [0.15, 0.2) is 0 Å². The number of hydrogen-bond donors (Lipinski definition) is 0. The van der Waals surface area contributed by atoms with Gasteiger partial charge in [0.25, 0.3) is 0 Å². The predicted octanol–water partition coefficient (Wildman–Crippen LogP) is 9.27. The largest absolute Gasteiger partial charge is 0.417 e. The van der Waals surface area contributed by atoms with Crippen LogP contribution in [-0.2, 0) is 4.43 Å². The molecule has 0 aromatic rings. The van der Waals surface area contributed by atoms with Crippen molar-refractivity contribution in [2.75, 3.05) is 6.61 Å². The molecule has 0 N–H and O–H groups in total. The van der Waals surface area contributed by atoms with Gasteiger partial charge in [0.1, 0.15) is 0 Å². The maximum atomic E-state index is 6.74. The van der Waals surface area contributed by atoms with Crippen LogP contribution in [0.5, 0.6) is 0 Å². The van der Waals surface area contributed by atoms with Crippen molar-refractivity contribution in [3.05, 3.63) is 0 Å². The molecule has 0 heterocycles. The van der Waals surface area contributed by atoms with Gasteiger partial charge < -0.3 is 4.43 Å². The van der Waals surface area contributed by atoms with Crippen LogP contribution in [-0.4, -0.2) is 14.9 Å². The van der Waals surface area contributed by atoms with Gasteiger partial charge in [-0.25, -0.2) is 0 Å². The third-order valence-corrected chi connectivity index (χ3v) is 10.4. The second-order valence-corrected chi connectivity index (χ2v) is 12.7. The normalized spacial score (nSPS) is 12.0. The Labute approximate surface area is 168 Å². The molecule has 0 unspecified atom stereocenters. The van der Waals surface area contributed by atoms with E-state index in [1.54, 1.807) is 0 Å². The summed E-state index contributed by atoms with van der Waals surface area (Å²) in [5, 5.41) is 0. The smallest absolute Gasteiger partial charge is 0.192 e. The van der Waals surface area contributed by atoms with Gasteiger partial charge in [-0.2, -0.15) is 0 Å². The summed E-state index contributed by atoms with van der Waals surface area (Å²) >= 11 is 0. The average molecular weight is 385 g/mol. The Morgan fingerprint density at radius 2 is 0.769 bits per heavy atom. The summed E-state index contributed by atoms with van der Waals surface area (Å²) in [5.74, 6) is 0. The first-order chi connectivity index (χ1) is 12.7. The van der Waals surface area contributed by atoms with Crippen molar-refractivity contribution in [2.24, 2.45) is 0 Å². The molecule has 1 nitrogen and oxygen atoms in total. The summed E-state index contributed by atoms with van der Waals surface area (Å²) in [6.07, 6.45) is 22.4. The lowest BCUT2D eigenvalue weighted by Gasteiger charge is -2.32. The van der Waals surface area contributed by atoms with Crippen molar-refractivity contribution >= 4 is 8.32 Å². The highest BCUT2D eigenvalue weighted by Crippen LogP contribution is 2.31. The van der Waals surface area contributed by atoms with Gasteiger partial charge in [-0.05, 0) is 24.6 Å². The summed E-state index contributed by atoms with van der Waals surface area (Å²) < 4.78 is 6.74. The van der Waals surface area contributed by atoms with Gasteiger partial charge >= 0.3 is 0 Å². The summed E-state index contributed by atoms with van der Waals surface area (Å²) in [6, 6.07) is 4.33. The van der Waals surface area contributed by atoms with Crippen molar-refractivity contribution in [3.8, 4) is 0 Å². The Morgan fingerprint density at radius 1 is 0.423 bits per heavy atom. The molecule has 0 spiro atoms. The Morgan fingerprint density at radius 3 is 1.08 bits per heavy atom. The van der Waals surface area contributed by atoms with E-state index in [9.17, 15) is 0 Å². The minimum Gasteiger partial charge on any atom is -0.417 e. The fourth-order valence-electron chi connectivity index (χ4n) is 4.06. The molecule has 0 saturated carbocycles. The van der Waals surface area contributed by atoms with Gasteiger partial charge in [-0.15, -0.1) is 0 Å². The SMILES string of the molecule is CCCCCCC[Si](CCCCCCC)(CCCCCCC)OCCC. The molecule has 0 aromatic carbocycles. The van der Waals surface area contributed by atoms with Crippen molar-refractivity contribution in [1.29, 1.82) is 0 Å². The van der Waals surface area contributed by atoms with Gasteiger partial charge in [0.05, 0.1) is 0 Å². The summed E-state index contributed by atoms with van der Waals surface area (Å²) in [6.45, 7) is 10.2. The lowest BCUT2D eigenvalue weighted by molar-refractivity contribution is 0.292. The molecule has 0 aliphatic carbocycles. The summed E-state index contributed by atoms with van der Waals surface area (Å²) in [4.78, 5) is 0. The Hall–Kier alpha value is 0.177. The topological polar surface area (TPSA) is 9.23 Å². The van der Waals surface area contributed by atoms with Gasteiger partial charge in [0.15, 0.2) is 8.32 Å². The van der Waals surface area contributed by atoms with Gasteiger partial charge in [-0.3, -0.25) is 0 Å². The first-order valence-electron chi connectivity index (χ1n) is 12.4. The molecule has 0 fully saturated rings. The molecule has 158 valence electrons. The molecular formula is C24H52OSi. The van der Waals surface area contributed by atoms with Crippen LogP contribution in [0.1, 0.15) is 130 Å². The fourth-order valence-corrected chi connectivity index (χ4v) is 8.57. The van der Waals surface area contributed by atoms with E-state index in [4.69, 9.17) is 4.43 Å².